The zero-order chi connectivity index (χ0) is 17.5. The van der Waals surface area contributed by atoms with Crippen LogP contribution in [-0.2, 0) is 16.0 Å². The summed E-state index contributed by atoms with van der Waals surface area (Å²) >= 11 is 0. The van der Waals surface area contributed by atoms with Crippen molar-refractivity contribution in [2.45, 2.75) is 52.0 Å². The van der Waals surface area contributed by atoms with E-state index in [0.717, 1.165) is 31.5 Å². The van der Waals surface area contributed by atoms with Crippen LogP contribution < -0.4 is 10.6 Å². The van der Waals surface area contributed by atoms with E-state index in [9.17, 15) is 9.59 Å². The highest BCUT2D eigenvalue weighted by Crippen LogP contribution is 2.27. The molecule has 0 fully saturated rings. The zero-order valence-electron chi connectivity index (χ0n) is 14.7. The molecule has 1 aromatic carbocycles. The van der Waals surface area contributed by atoms with Crippen molar-refractivity contribution in [1.82, 2.24) is 0 Å². The molecular formula is C20H28N2O2. The zero-order valence-corrected chi connectivity index (χ0v) is 14.7. The van der Waals surface area contributed by atoms with Crippen LogP contribution in [0.3, 0.4) is 0 Å². The van der Waals surface area contributed by atoms with Crippen molar-refractivity contribution < 1.29 is 9.59 Å². The van der Waals surface area contributed by atoms with E-state index in [1.807, 2.05) is 36.1 Å². The van der Waals surface area contributed by atoms with E-state index in [0.29, 0.717) is 12.8 Å². The molecule has 1 heterocycles. The lowest BCUT2D eigenvalue weighted by Gasteiger charge is -2.17. The molecule has 130 valence electrons. The average molecular weight is 328 g/mol. The third kappa shape index (κ3) is 4.54. The first-order valence-electron chi connectivity index (χ1n) is 8.92. The summed E-state index contributed by atoms with van der Waals surface area (Å²) in [6, 6.07) is 7.62. The lowest BCUT2D eigenvalue weighted by Crippen LogP contribution is -2.31. The summed E-state index contributed by atoms with van der Waals surface area (Å²) in [7, 11) is 0. The average Bonchev–Trinajstić information content (AvgIpc) is 3.02. The molecule has 2 atom stereocenters. The van der Waals surface area contributed by atoms with Gasteiger partial charge in [-0.15, -0.1) is 0 Å². The number of amides is 1. The van der Waals surface area contributed by atoms with Crippen molar-refractivity contribution in [3.63, 3.8) is 0 Å². The van der Waals surface area contributed by atoms with Crippen molar-refractivity contribution >= 4 is 17.4 Å². The molecule has 0 spiro atoms. The minimum Gasteiger partial charge on any atom is -0.322 e. The van der Waals surface area contributed by atoms with E-state index in [-0.39, 0.29) is 23.7 Å². The molecule has 1 aliphatic rings. The summed E-state index contributed by atoms with van der Waals surface area (Å²) in [4.78, 5) is 26.4. The van der Waals surface area contributed by atoms with Crippen molar-refractivity contribution in [3.05, 3.63) is 42.0 Å². The number of ketones is 1. The molecule has 0 unspecified atom stereocenters. The fourth-order valence-electron chi connectivity index (χ4n) is 3.15. The molecule has 1 amide bonds. The number of fused-ring (bicyclic) bond motifs is 1. The maximum absolute atomic E-state index is 12.5. The number of nitrogens with two attached hydrogens (primary N) is 1. The molecule has 24 heavy (non-hydrogen) atoms. The van der Waals surface area contributed by atoms with Gasteiger partial charge < -0.3 is 10.6 Å². The van der Waals surface area contributed by atoms with E-state index in [4.69, 9.17) is 5.73 Å². The van der Waals surface area contributed by atoms with Crippen molar-refractivity contribution in [2.24, 2.45) is 11.7 Å². The third-order valence-corrected chi connectivity index (χ3v) is 4.64. The first-order valence-corrected chi connectivity index (χ1v) is 8.92. The largest absolute Gasteiger partial charge is 0.322 e. The van der Waals surface area contributed by atoms with Gasteiger partial charge in [0.15, 0.2) is 0 Å². The second-order valence-corrected chi connectivity index (χ2v) is 6.46. The maximum atomic E-state index is 12.5. The fraction of sp³-hybridized carbons (Fsp3) is 0.500. The van der Waals surface area contributed by atoms with Gasteiger partial charge in [0.1, 0.15) is 5.78 Å². The van der Waals surface area contributed by atoms with Crippen LogP contribution in [0.1, 0.15) is 45.1 Å². The summed E-state index contributed by atoms with van der Waals surface area (Å²) in [5.41, 5.74) is 8.04. The van der Waals surface area contributed by atoms with E-state index in [2.05, 4.69) is 13.0 Å². The Morgan fingerprint density at radius 3 is 2.75 bits per heavy atom. The lowest BCUT2D eigenvalue weighted by atomic mass is 9.93. The minimum atomic E-state index is -0.390. The van der Waals surface area contributed by atoms with E-state index >= 15 is 0 Å². The Bertz CT molecular complexity index is 609. The Morgan fingerprint density at radius 2 is 2.04 bits per heavy atom. The van der Waals surface area contributed by atoms with Crippen LogP contribution >= 0.6 is 0 Å². The Hall–Kier alpha value is -1.94. The molecule has 2 N–H and O–H groups in total. The van der Waals surface area contributed by atoms with E-state index in [1.165, 1.54) is 5.56 Å². The summed E-state index contributed by atoms with van der Waals surface area (Å²) in [5, 5.41) is 0. The van der Waals surface area contributed by atoms with E-state index < -0.39 is 0 Å². The van der Waals surface area contributed by atoms with Gasteiger partial charge in [-0.1, -0.05) is 44.5 Å². The second kappa shape index (κ2) is 8.78. The molecule has 0 radical (unpaired) electrons. The lowest BCUT2D eigenvalue weighted by molar-refractivity contribution is -0.121. The topological polar surface area (TPSA) is 63.4 Å². The molecule has 1 aromatic rings. The van der Waals surface area contributed by atoms with Crippen LogP contribution in [0, 0.1) is 5.92 Å². The Morgan fingerprint density at radius 1 is 1.29 bits per heavy atom. The molecule has 0 bridgehead atoms. The number of para-hydroxylation sites is 1. The van der Waals surface area contributed by atoms with Gasteiger partial charge in [0.25, 0.3) is 5.91 Å². The van der Waals surface area contributed by atoms with Crippen LogP contribution in [-0.4, -0.2) is 24.3 Å². The molecule has 0 saturated heterocycles. The third-order valence-electron chi connectivity index (χ3n) is 4.64. The Labute approximate surface area is 144 Å². The molecule has 1 aliphatic heterocycles. The number of Topliss-reactive ketones (excluding diaryl/α,β-unsaturated/α-hetero) is 1. The van der Waals surface area contributed by atoms with Crippen LogP contribution in [0.25, 0.3) is 0 Å². The number of allylic oxidation sites excluding steroid dienone is 1. The van der Waals surface area contributed by atoms with Crippen LogP contribution in [0.4, 0.5) is 5.69 Å². The van der Waals surface area contributed by atoms with Crippen molar-refractivity contribution in [3.8, 4) is 0 Å². The summed E-state index contributed by atoms with van der Waals surface area (Å²) in [5.74, 6) is 0.162. The van der Waals surface area contributed by atoms with Crippen molar-refractivity contribution in [2.75, 3.05) is 11.4 Å². The smallest absolute Gasteiger partial charge is 0.250 e. The fourth-order valence-corrected chi connectivity index (χ4v) is 3.15. The number of nitrogens with zero attached hydrogens (tertiary/aromatic N) is 1. The Balaban J connectivity index is 2.01. The summed E-state index contributed by atoms with van der Waals surface area (Å²) in [6.07, 6.45) is 7.37. The first kappa shape index (κ1) is 18.4. The predicted octanol–water partition coefficient (Wildman–Crippen LogP) is 3.24. The van der Waals surface area contributed by atoms with Gasteiger partial charge in [-0.2, -0.15) is 0 Å². The molecule has 2 rings (SSSR count). The number of carbonyl (C=O) groups excluding carboxylic acids is 2. The number of hydrogen-bond donors (Lipinski definition) is 1. The van der Waals surface area contributed by atoms with Gasteiger partial charge in [0, 0.05) is 18.7 Å². The number of benzene rings is 1. The predicted molar refractivity (Wildman–Crippen MR) is 97.9 cm³/mol. The second-order valence-electron chi connectivity index (χ2n) is 6.46. The van der Waals surface area contributed by atoms with Gasteiger partial charge in [-0.3, -0.25) is 9.59 Å². The van der Waals surface area contributed by atoms with E-state index in [1.54, 1.807) is 6.08 Å². The summed E-state index contributed by atoms with van der Waals surface area (Å²) < 4.78 is 0. The standard InChI is InChI=1S/C20H28N2O2/c1-3-7-15(14-19(23)17(21)4-2)10-11-20(24)22-13-12-16-8-5-6-9-18(16)22/h5-6,8-11,15,17H,3-4,7,12-14,21H2,1-2H3/b11-10+/t15-,17-/m0/s1. The van der Waals surface area contributed by atoms with Crippen LogP contribution in [0.15, 0.2) is 36.4 Å². The van der Waals surface area contributed by atoms with Gasteiger partial charge in [0.2, 0.25) is 0 Å². The molecule has 4 nitrogen and oxygen atoms in total. The molecule has 0 aliphatic carbocycles. The van der Waals surface area contributed by atoms with Crippen LogP contribution in [0.2, 0.25) is 0 Å². The van der Waals surface area contributed by atoms with Gasteiger partial charge in [0.05, 0.1) is 6.04 Å². The molecule has 0 saturated carbocycles. The van der Waals surface area contributed by atoms with Gasteiger partial charge >= 0.3 is 0 Å². The minimum absolute atomic E-state index is 0.00621. The normalized spacial score (nSPS) is 16.2. The molecule has 0 aromatic heterocycles. The van der Waals surface area contributed by atoms with Crippen molar-refractivity contribution in [1.29, 1.82) is 0 Å². The van der Waals surface area contributed by atoms with Gasteiger partial charge in [-0.05, 0) is 42.9 Å². The number of rotatable bonds is 8. The number of anilines is 1. The maximum Gasteiger partial charge on any atom is 0.250 e. The first-order chi connectivity index (χ1) is 11.6. The Kier molecular flexibility index (Phi) is 6.73. The van der Waals surface area contributed by atoms with Crippen LogP contribution in [0.5, 0.6) is 0 Å². The number of carbonyl (C=O) groups is 2. The quantitative estimate of drug-likeness (QED) is 0.745. The monoisotopic (exact) mass is 328 g/mol. The molecule has 4 heteroatoms. The number of hydrogen-bond acceptors (Lipinski definition) is 3. The highest BCUT2D eigenvalue weighted by Gasteiger charge is 2.23. The highest BCUT2D eigenvalue weighted by atomic mass is 16.2. The summed E-state index contributed by atoms with van der Waals surface area (Å²) in [6.45, 7) is 4.73. The highest BCUT2D eigenvalue weighted by molar-refractivity contribution is 6.02. The van der Waals surface area contributed by atoms with Gasteiger partial charge in [-0.25, -0.2) is 0 Å². The molecular weight excluding hydrogens is 300 g/mol. The SMILES string of the molecule is CCC[C@@H](/C=C/C(=O)N1CCc2ccccc21)CC(=O)[C@@H](N)CC.